The van der Waals surface area contributed by atoms with Gasteiger partial charge in [-0.2, -0.15) is 0 Å². The fraction of sp³-hybridized carbons (Fsp3) is 0.400. The Kier molecular flexibility index (Phi) is 8.43. The van der Waals surface area contributed by atoms with Gasteiger partial charge in [0.05, 0.1) is 0 Å². The first-order valence-electron chi connectivity index (χ1n) is 11.2. The van der Waals surface area contributed by atoms with Crippen LogP contribution in [-0.4, -0.2) is 41.8 Å². The second-order valence-corrected chi connectivity index (χ2v) is 8.14. The van der Waals surface area contributed by atoms with E-state index in [1.165, 1.54) is 6.92 Å². The normalized spacial score (nSPS) is 14.0. The average molecular weight is 455 g/mol. The van der Waals surface area contributed by atoms with Crippen LogP contribution >= 0.6 is 0 Å². The van der Waals surface area contributed by atoms with E-state index in [0.29, 0.717) is 6.42 Å². The summed E-state index contributed by atoms with van der Waals surface area (Å²) in [4.78, 5) is 40.3. The Hall–Kier alpha value is -3.39. The number of ether oxygens (including phenoxy) is 1. The molecule has 1 aliphatic carbocycles. The van der Waals surface area contributed by atoms with E-state index in [1.54, 1.807) is 0 Å². The summed E-state index contributed by atoms with van der Waals surface area (Å²) < 4.78 is 5.57. The van der Waals surface area contributed by atoms with Crippen molar-refractivity contribution >= 4 is 18.0 Å². The molecule has 0 radical (unpaired) electrons. The number of unbranched alkanes of at least 4 members (excludes halogenated alkanes) is 1. The molecule has 8 heteroatoms. The Bertz CT molecular complexity index is 947. The van der Waals surface area contributed by atoms with Crippen LogP contribution in [0.3, 0.4) is 0 Å². The number of rotatable bonds is 11. The first-order valence-corrected chi connectivity index (χ1v) is 11.2. The highest BCUT2D eigenvalue weighted by Crippen LogP contribution is 2.44. The lowest BCUT2D eigenvalue weighted by molar-refractivity contribution is -0.158. The fourth-order valence-electron chi connectivity index (χ4n) is 3.95. The van der Waals surface area contributed by atoms with Gasteiger partial charge in [0.25, 0.3) is 0 Å². The number of alkyl carbamates (subject to hydrolysis) is 1. The van der Waals surface area contributed by atoms with Gasteiger partial charge < -0.3 is 15.2 Å². The minimum atomic E-state index is -1.19. The summed E-state index contributed by atoms with van der Waals surface area (Å²) in [5.74, 6) is -1.75. The van der Waals surface area contributed by atoms with E-state index < -0.39 is 30.1 Å². The monoisotopic (exact) mass is 454 g/mol. The molecule has 0 spiro atoms. The van der Waals surface area contributed by atoms with Crippen molar-refractivity contribution in [3.8, 4) is 11.1 Å². The number of amides is 2. The predicted octanol–water partition coefficient (Wildman–Crippen LogP) is 3.99. The molecule has 2 atom stereocenters. The van der Waals surface area contributed by atoms with Gasteiger partial charge in [0, 0.05) is 18.4 Å². The molecule has 0 heterocycles. The summed E-state index contributed by atoms with van der Waals surface area (Å²) in [5, 5.41) is 11.6. The Morgan fingerprint density at radius 1 is 1.03 bits per heavy atom. The molecule has 8 nitrogen and oxygen atoms in total. The van der Waals surface area contributed by atoms with Gasteiger partial charge in [-0.25, -0.2) is 15.1 Å². The molecule has 0 fully saturated rings. The molecule has 0 aromatic heterocycles. The Morgan fingerprint density at radius 3 is 2.21 bits per heavy atom. The maximum absolute atomic E-state index is 12.6. The van der Waals surface area contributed by atoms with Crippen LogP contribution in [0.25, 0.3) is 11.1 Å². The highest BCUT2D eigenvalue weighted by Gasteiger charge is 2.29. The van der Waals surface area contributed by atoms with Crippen LogP contribution in [0, 0.1) is 0 Å². The van der Waals surface area contributed by atoms with Gasteiger partial charge in [-0.1, -0.05) is 68.3 Å². The number of carbonyl (C=O) groups is 3. The van der Waals surface area contributed by atoms with Crippen LogP contribution in [0.5, 0.6) is 0 Å². The minimum Gasteiger partial charge on any atom is -0.479 e. The fourth-order valence-corrected chi connectivity index (χ4v) is 3.95. The third-order valence-corrected chi connectivity index (χ3v) is 5.70. The number of aliphatic carboxylic acids is 1. The standard InChI is InChI=1S/C25H30N2O6/c1-3-4-9-17(14-23(28)27-33-16(2)24(29)30)26-25(31)32-15-22-20-12-7-5-10-18(20)19-11-6-8-13-21(19)22/h5-8,10-13,16-17,22H,3-4,9,14-15H2,1-2H3,(H,26,31)(H,27,28)(H,29,30)/t16?,17-/m0/s1. The third-order valence-electron chi connectivity index (χ3n) is 5.70. The Labute approximate surface area is 193 Å². The van der Waals surface area contributed by atoms with Gasteiger partial charge in [0.2, 0.25) is 5.91 Å². The van der Waals surface area contributed by atoms with Crippen molar-refractivity contribution in [2.45, 2.75) is 57.6 Å². The molecule has 0 saturated heterocycles. The van der Waals surface area contributed by atoms with Gasteiger partial charge >= 0.3 is 12.1 Å². The molecule has 0 saturated carbocycles. The van der Waals surface area contributed by atoms with Gasteiger partial charge in [0.1, 0.15) is 6.61 Å². The zero-order valence-electron chi connectivity index (χ0n) is 18.9. The summed E-state index contributed by atoms with van der Waals surface area (Å²) in [7, 11) is 0. The maximum Gasteiger partial charge on any atom is 0.407 e. The number of hydrogen-bond acceptors (Lipinski definition) is 5. The van der Waals surface area contributed by atoms with Gasteiger partial charge in [-0.3, -0.25) is 9.63 Å². The molecule has 2 aromatic carbocycles. The number of nitrogens with one attached hydrogen (secondary N) is 2. The molecule has 3 rings (SSSR count). The van der Waals surface area contributed by atoms with Crippen LogP contribution in [0.15, 0.2) is 48.5 Å². The average Bonchev–Trinajstić information content (AvgIpc) is 3.13. The predicted molar refractivity (Wildman–Crippen MR) is 122 cm³/mol. The number of carbonyl (C=O) groups excluding carboxylic acids is 2. The zero-order chi connectivity index (χ0) is 23.8. The zero-order valence-corrected chi connectivity index (χ0v) is 18.9. The lowest BCUT2D eigenvalue weighted by Gasteiger charge is -2.20. The highest BCUT2D eigenvalue weighted by molar-refractivity contribution is 5.79. The second-order valence-electron chi connectivity index (χ2n) is 8.14. The van der Waals surface area contributed by atoms with Crippen molar-refractivity contribution in [1.29, 1.82) is 0 Å². The molecular formula is C25H30N2O6. The maximum atomic E-state index is 12.6. The summed E-state index contributed by atoms with van der Waals surface area (Å²) in [5.41, 5.74) is 6.67. The summed E-state index contributed by atoms with van der Waals surface area (Å²) >= 11 is 0. The van der Waals surface area contributed by atoms with Gasteiger partial charge in [-0.05, 0) is 35.6 Å². The molecule has 0 aliphatic heterocycles. The lowest BCUT2D eigenvalue weighted by atomic mass is 9.98. The number of hydrogen-bond donors (Lipinski definition) is 3. The van der Waals surface area contributed by atoms with Crippen LogP contribution in [0.4, 0.5) is 4.79 Å². The Morgan fingerprint density at radius 2 is 1.64 bits per heavy atom. The molecule has 33 heavy (non-hydrogen) atoms. The van der Waals surface area contributed by atoms with E-state index >= 15 is 0 Å². The van der Waals surface area contributed by atoms with Crippen molar-refractivity contribution in [3.63, 3.8) is 0 Å². The largest absolute Gasteiger partial charge is 0.479 e. The molecule has 2 amide bonds. The van der Waals surface area contributed by atoms with Crippen LogP contribution in [0.2, 0.25) is 0 Å². The SMILES string of the molecule is CCCC[C@@H](CC(=O)NOC(C)C(=O)O)NC(=O)OCC1c2ccccc2-c2ccccc21. The molecule has 0 bridgehead atoms. The summed E-state index contributed by atoms with van der Waals surface area (Å²) in [6, 6.07) is 15.7. The van der Waals surface area contributed by atoms with E-state index in [4.69, 9.17) is 14.7 Å². The molecule has 1 aliphatic rings. The topological polar surface area (TPSA) is 114 Å². The van der Waals surface area contributed by atoms with Crippen molar-refractivity contribution < 1.29 is 29.1 Å². The molecule has 3 N–H and O–H groups in total. The molecule has 2 aromatic rings. The first kappa shape index (κ1) is 24.3. The smallest absolute Gasteiger partial charge is 0.407 e. The summed E-state index contributed by atoms with van der Waals surface area (Å²) in [6.45, 7) is 3.51. The number of hydroxylamine groups is 1. The van der Waals surface area contributed by atoms with E-state index in [1.807, 2.05) is 43.3 Å². The van der Waals surface area contributed by atoms with Gasteiger partial charge in [-0.15, -0.1) is 0 Å². The van der Waals surface area contributed by atoms with E-state index in [2.05, 4.69) is 22.9 Å². The molecule has 1 unspecified atom stereocenters. The van der Waals surface area contributed by atoms with Crippen molar-refractivity contribution in [2.24, 2.45) is 0 Å². The number of benzene rings is 2. The number of carboxylic acids is 1. The van der Waals surface area contributed by atoms with Crippen LogP contribution in [-0.2, 0) is 19.2 Å². The van der Waals surface area contributed by atoms with Crippen LogP contribution < -0.4 is 10.8 Å². The molecule has 176 valence electrons. The van der Waals surface area contributed by atoms with E-state index in [0.717, 1.165) is 35.1 Å². The van der Waals surface area contributed by atoms with E-state index in [-0.39, 0.29) is 18.9 Å². The third kappa shape index (κ3) is 6.32. The Balaban J connectivity index is 1.57. The van der Waals surface area contributed by atoms with Crippen molar-refractivity contribution in [3.05, 3.63) is 59.7 Å². The summed E-state index contributed by atoms with van der Waals surface area (Å²) in [6.07, 6.45) is 0.494. The van der Waals surface area contributed by atoms with Crippen molar-refractivity contribution in [1.82, 2.24) is 10.8 Å². The second kappa shape index (κ2) is 11.5. The van der Waals surface area contributed by atoms with E-state index in [9.17, 15) is 14.4 Å². The number of fused-ring (bicyclic) bond motifs is 3. The van der Waals surface area contributed by atoms with Crippen LogP contribution in [0.1, 0.15) is 56.6 Å². The minimum absolute atomic E-state index is 0.0451. The van der Waals surface area contributed by atoms with Gasteiger partial charge in [0.15, 0.2) is 6.10 Å². The molecular weight excluding hydrogens is 424 g/mol. The first-order chi connectivity index (χ1) is 15.9. The number of carboxylic acid groups (broad SMARTS) is 1. The quantitative estimate of drug-likeness (QED) is 0.442. The lowest BCUT2D eigenvalue weighted by Crippen LogP contribution is -2.41. The van der Waals surface area contributed by atoms with Crippen molar-refractivity contribution in [2.75, 3.05) is 6.61 Å². The highest BCUT2D eigenvalue weighted by atomic mass is 16.7.